The van der Waals surface area contributed by atoms with E-state index >= 15 is 0 Å². The molecule has 1 N–H and O–H groups in total. The molecule has 0 aromatic carbocycles. The lowest BCUT2D eigenvalue weighted by molar-refractivity contribution is -0.130. The number of carboxylic acids is 1. The maximum atomic E-state index is 10.7. The molecule has 0 amide bonds. The van der Waals surface area contributed by atoms with Crippen LogP contribution in [-0.4, -0.2) is 20.9 Å². The summed E-state index contributed by atoms with van der Waals surface area (Å²) in [5, 5.41) is 12.9. The predicted molar refractivity (Wildman–Crippen MR) is 49.4 cm³/mol. The van der Waals surface area contributed by atoms with Gasteiger partial charge in [-0.3, -0.25) is 4.68 Å². The molecule has 4 nitrogen and oxygen atoms in total. The van der Waals surface area contributed by atoms with Crippen LogP contribution in [0.3, 0.4) is 0 Å². The van der Waals surface area contributed by atoms with Crippen LogP contribution in [0.2, 0.25) is 0 Å². The first-order valence-corrected chi connectivity index (χ1v) is 3.88. The van der Waals surface area contributed by atoms with Crippen molar-refractivity contribution >= 4 is 11.5 Å². The Labute approximate surface area is 76.5 Å². The van der Waals surface area contributed by atoms with Gasteiger partial charge in [0.1, 0.15) is 0 Å². The first-order valence-electron chi connectivity index (χ1n) is 3.88. The number of carbonyl (C=O) groups is 1. The average molecular weight is 180 g/mol. The number of carboxylic acid groups (broad SMARTS) is 1. The van der Waals surface area contributed by atoms with Crippen LogP contribution in [0.25, 0.3) is 5.57 Å². The Kier molecular flexibility index (Phi) is 2.23. The molecule has 4 heteroatoms. The Morgan fingerprint density at radius 3 is 2.38 bits per heavy atom. The third kappa shape index (κ3) is 1.47. The Hall–Kier alpha value is -1.58. The van der Waals surface area contributed by atoms with E-state index in [9.17, 15) is 4.79 Å². The van der Waals surface area contributed by atoms with Gasteiger partial charge in [-0.2, -0.15) is 5.10 Å². The number of aliphatic carboxylic acids is 1. The minimum atomic E-state index is -1.00. The number of aromatic nitrogens is 2. The highest BCUT2D eigenvalue weighted by atomic mass is 16.4. The fourth-order valence-corrected chi connectivity index (χ4v) is 1.32. The van der Waals surface area contributed by atoms with E-state index in [1.807, 2.05) is 6.92 Å². The Balaban J connectivity index is 3.29. The van der Waals surface area contributed by atoms with Crippen LogP contribution in [0.1, 0.15) is 17.0 Å². The number of aryl methyl sites for hydroxylation is 2. The zero-order valence-corrected chi connectivity index (χ0v) is 7.96. The van der Waals surface area contributed by atoms with Crippen LogP contribution in [0.15, 0.2) is 6.58 Å². The molecule has 0 saturated carbocycles. The molecule has 0 unspecified atom stereocenters. The van der Waals surface area contributed by atoms with Crippen molar-refractivity contribution in [3.63, 3.8) is 0 Å². The molecular weight excluding hydrogens is 168 g/mol. The molecule has 70 valence electrons. The van der Waals surface area contributed by atoms with Crippen molar-refractivity contribution in [1.29, 1.82) is 0 Å². The molecule has 0 bridgehead atoms. The lowest BCUT2D eigenvalue weighted by atomic mass is 10.1. The standard InChI is InChI=1S/C9H12N2O2/c1-5(9(12)13)8-6(2)10-11(4)7(8)3/h1H2,2-4H3,(H,12,13). The lowest BCUT2D eigenvalue weighted by Crippen LogP contribution is -2.00. The molecule has 1 heterocycles. The van der Waals surface area contributed by atoms with Crippen molar-refractivity contribution < 1.29 is 9.90 Å². The van der Waals surface area contributed by atoms with Gasteiger partial charge < -0.3 is 5.11 Å². The van der Waals surface area contributed by atoms with Crippen LogP contribution in [0.4, 0.5) is 0 Å². The molecule has 0 radical (unpaired) electrons. The van der Waals surface area contributed by atoms with E-state index in [0.717, 1.165) is 5.69 Å². The Bertz CT molecular complexity index is 377. The smallest absolute Gasteiger partial charge is 0.335 e. The summed E-state index contributed by atoms with van der Waals surface area (Å²) >= 11 is 0. The normalized spacial score (nSPS) is 10.1. The summed E-state index contributed by atoms with van der Waals surface area (Å²) < 4.78 is 1.65. The molecule has 0 saturated heterocycles. The van der Waals surface area contributed by atoms with Gasteiger partial charge in [-0.15, -0.1) is 0 Å². The van der Waals surface area contributed by atoms with Gasteiger partial charge in [0.2, 0.25) is 0 Å². The second-order valence-corrected chi connectivity index (χ2v) is 2.95. The van der Waals surface area contributed by atoms with E-state index in [0.29, 0.717) is 11.3 Å². The molecule has 0 aliphatic carbocycles. The quantitative estimate of drug-likeness (QED) is 0.694. The SMILES string of the molecule is C=C(C(=O)O)c1c(C)nn(C)c1C. The summed E-state index contributed by atoms with van der Waals surface area (Å²) in [6, 6.07) is 0. The summed E-state index contributed by atoms with van der Waals surface area (Å²) in [7, 11) is 1.78. The minimum absolute atomic E-state index is 0.100. The summed E-state index contributed by atoms with van der Waals surface area (Å²) in [5.41, 5.74) is 2.26. The average Bonchev–Trinajstić information content (AvgIpc) is 2.26. The highest BCUT2D eigenvalue weighted by Gasteiger charge is 2.16. The van der Waals surface area contributed by atoms with E-state index in [2.05, 4.69) is 11.7 Å². The van der Waals surface area contributed by atoms with Crippen LogP contribution in [0, 0.1) is 13.8 Å². The van der Waals surface area contributed by atoms with E-state index in [1.165, 1.54) is 0 Å². The van der Waals surface area contributed by atoms with Crippen LogP contribution in [-0.2, 0) is 11.8 Å². The third-order valence-electron chi connectivity index (χ3n) is 2.07. The maximum Gasteiger partial charge on any atom is 0.335 e. The van der Waals surface area contributed by atoms with Gasteiger partial charge in [0.15, 0.2) is 0 Å². The van der Waals surface area contributed by atoms with Gasteiger partial charge >= 0.3 is 5.97 Å². The van der Waals surface area contributed by atoms with Gasteiger partial charge in [-0.05, 0) is 13.8 Å². The topological polar surface area (TPSA) is 55.1 Å². The number of nitrogens with zero attached hydrogens (tertiary/aromatic N) is 2. The van der Waals surface area contributed by atoms with Crippen LogP contribution in [0.5, 0.6) is 0 Å². The Morgan fingerprint density at radius 1 is 1.54 bits per heavy atom. The molecule has 1 aromatic rings. The molecule has 0 aliphatic heterocycles. The van der Waals surface area contributed by atoms with Crippen molar-refractivity contribution in [3.8, 4) is 0 Å². The number of rotatable bonds is 2. The van der Waals surface area contributed by atoms with Crippen molar-refractivity contribution in [3.05, 3.63) is 23.5 Å². The zero-order chi connectivity index (χ0) is 10.2. The second-order valence-electron chi connectivity index (χ2n) is 2.95. The fraction of sp³-hybridized carbons (Fsp3) is 0.333. The third-order valence-corrected chi connectivity index (χ3v) is 2.07. The number of hydrogen-bond donors (Lipinski definition) is 1. The van der Waals surface area contributed by atoms with Gasteiger partial charge in [-0.1, -0.05) is 6.58 Å². The van der Waals surface area contributed by atoms with E-state index in [-0.39, 0.29) is 5.57 Å². The Morgan fingerprint density at radius 2 is 2.08 bits per heavy atom. The monoisotopic (exact) mass is 180 g/mol. The first-order chi connectivity index (χ1) is 5.95. The molecule has 13 heavy (non-hydrogen) atoms. The predicted octanol–water partition coefficient (Wildman–Crippen LogP) is 1.13. The van der Waals surface area contributed by atoms with Crippen LogP contribution >= 0.6 is 0 Å². The zero-order valence-electron chi connectivity index (χ0n) is 7.96. The van der Waals surface area contributed by atoms with Crippen molar-refractivity contribution in [1.82, 2.24) is 9.78 Å². The molecule has 0 aliphatic rings. The van der Waals surface area contributed by atoms with Crippen LogP contribution < -0.4 is 0 Å². The van der Waals surface area contributed by atoms with E-state index in [1.54, 1.807) is 18.7 Å². The molecule has 1 aromatic heterocycles. The maximum absolute atomic E-state index is 10.7. The lowest BCUT2D eigenvalue weighted by Gasteiger charge is -2.00. The summed E-state index contributed by atoms with van der Waals surface area (Å²) in [6.45, 7) is 7.10. The summed E-state index contributed by atoms with van der Waals surface area (Å²) in [6.07, 6.45) is 0. The highest BCUT2D eigenvalue weighted by molar-refractivity contribution is 6.15. The molecule has 0 fully saturated rings. The van der Waals surface area contributed by atoms with Crippen molar-refractivity contribution in [2.75, 3.05) is 0 Å². The summed E-state index contributed by atoms with van der Waals surface area (Å²) in [4.78, 5) is 10.7. The van der Waals surface area contributed by atoms with Crippen molar-refractivity contribution in [2.45, 2.75) is 13.8 Å². The fourth-order valence-electron chi connectivity index (χ4n) is 1.32. The second kappa shape index (κ2) is 3.05. The highest BCUT2D eigenvalue weighted by Crippen LogP contribution is 2.20. The minimum Gasteiger partial charge on any atom is -0.478 e. The largest absolute Gasteiger partial charge is 0.478 e. The molecule has 0 atom stereocenters. The van der Waals surface area contributed by atoms with Gasteiger partial charge in [0, 0.05) is 18.3 Å². The van der Waals surface area contributed by atoms with E-state index in [4.69, 9.17) is 5.11 Å². The van der Waals surface area contributed by atoms with E-state index < -0.39 is 5.97 Å². The first kappa shape index (κ1) is 9.51. The number of hydrogen-bond acceptors (Lipinski definition) is 2. The van der Waals surface area contributed by atoms with Gasteiger partial charge in [0.25, 0.3) is 0 Å². The summed E-state index contributed by atoms with van der Waals surface area (Å²) in [5.74, 6) is -1.00. The molecule has 1 rings (SSSR count). The van der Waals surface area contributed by atoms with Crippen molar-refractivity contribution in [2.24, 2.45) is 7.05 Å². The molecule has 0 spiro atoms. The molecular formula is C9H12N2O2. The van der Waals surface area contributed by atoms with Gasteiger partial charge in [-0.25, -0.2) is 4.79 Å². The van der Waals surface area contributed by atoms with Gasteiger partial charge in [0.05, 0.1) is 11.3 Å².